The maximum atomic E-state index is 13.0. The van der Waals surface area contributed by atoms with E-state index in [1.165, 1.54) is 5.56 Å². The number of nitrogens with one attached hydrogen (secondary N) is 1. The van der Waals surface area contributed by atoms with Gasteiger partial charge in [0.15, 0.2) is 0 Å². The van der Waals surface area contributed by atoms with Crippen LogP contribution in [-0.2, 0) is 21.9 Å². The number of ether oxygens (including phenoxy) is 1. The van der Waals surface area contributed by atoms with E-state index >= 15 is 0 Å². The van der Waals surface area contributed by atoms with Gasteiger partial charge >= 0.3 is 0 Å². The van der Waals surface area contributed by atoms with Gasteiger partial charge in [-0.15, -0.1) is 0 Å². The van der Waals surface area contributed by atoms with Crippen LogP contribution < -0.4 is 10.1 Å². The van der Waals surface area contributed by atoms with Gasteiger partial charge in [-0.05, 0) is 44.0 Å². The van der Waals surface area contributed by atoms with Crippen LogP contribution in [-0.4, -0.2) is 41.7 Å². The van der Waals surface area contributed by atoms with Crippen LogP contribution in [0.15, 0.2) is 54.6 Å². The molecule has 2 aromatic carbocycles. The van der Waals surface area contributed by atoms with E-state index in [2.05, 4.69) is 17.4 Å². The summed E-state index contributed by atoms with van der Waals surface area (Å²) in [7, 11) is 1.62. The topological polar surface area (TPSA) is 58.6 Å². The van der Waals surface area contributed by atoms with Crippen LogP contribution in [0.2, 0.25) is 0 Å². The average Bonchev–Trinajstić information content (AvgIpc) is 2.74. The summed E-state index contributed by atoms with van der Waals surface area (Å²) >= 11 is 1.73. The molecule has 0 aliphatic rings. The fraction of sp³-hybridized carbons (Fsp3) is 0.417. The van der Waals surface area contributed by atoms with Crippen molar-refractivity contribution >= 4 is 23.6 Å². The number of hydrogen-bond donors (Lipinski definition) is 1. The Morgan fingerprint density at radius 2 is 1.73 bits per heavy atom. The molecule has 2 amide bonds. The average molecular weight is 429 g/mol. The maximum Gasteiger partial charge on any atom is 0.242 e. The van der Waals surface area contributed by atoms with Gasteiger partial charge in [0.05, 0.1) is 7.11 Å². The fourth-order valence-electron chi connectivity index (χ4n) is 3.02. The van der Waals surface area contributed by atoms with Crippen molar-refractivity contribution in [1.82, 2.24) is 10.2 Å². The molecular weight excluding hydrogens is 396 g/mol. The molecule has 1 atom stereocenters. The first kappa shape index (κ1) is 23.8. The highest BCUT2D eigenvalue weighted by molar-refractivity contribution is 7.98. The maximum absolute atomic E-state index is 13.0. The second-order valence-corrected chi connectivity index (χ2v) is 8.61. The summed E-state index contributed by atoms with van der Waals surface area (Å²) in [5.74, 6) is 2.15. The molecule has 0 aliphatic carbocycles. The minimum absolute atomic E-state index is 0.0233. The van der Waals surface area contributed by atoms with E-state index in [4.69, 9.17) is 4.74 Å². The number of nitrogens with zero attached hydrogens (tertiary/aromatic N) is 1. The summed E-state index contributed by atoms with van der Waals surface area (Å²) in [6.45, 7) is 5.98. The molecule has 1 N–H and O–H groups in total. The summed E-state index contributed by atoms with van der Waals surface area (Å²) in [6.07, 6.45) is 0.390. The zero-order chi connectivity index (χ0) is 21.9. The Labute approximate surface area is 184 Å². The van der Waals surface area contributed by atoms with Crippen LogP contribution in [0.5, 0.6) is 5.75 Å². The van der Waals surface area contributed by atoms with Crippen LogP contribution in [0.4, 0.5) is 0 Å². The van der Waals surface area contributed by atoms with Gasteiger partial charge in [-0.1, -0.05) is 42.5 Å². The van der Waals surface area contributed by atoms with Gasteiger partial charge in [0.1, 0.15) is 11.8 Å². The van der Waals surface area contributed by atoms with Gasteiger partial charge < -0.3 is 15.0 Å². The summed E-state index contributed by atoms with van der Waals surface area (Å²) in [5, 5.41) is 2.91. The Morgan fingerprint density at radius 1 is 1.03 bits per heavy atom. The van der Waals surface area contributed by atoms with Crippen LogP contribution in [0.25, 0.3) is 0 Å². The van der Waals surface area contributed by atoms with Crippen LogP contribution >= 0.6 is 11.8 Å². The third-order valence-electron chi connectivity index (χ3n) is 4.66. The molecular formula is C24H32N2O3S. The van der Waals surface area contributed by atoms with E-state index in [1.54, 1.807) is 30.7 Å². The lowest BCUT2D eigenvalue weighted by Gasteiger charge is -2.29. The molecule has 0 heterocycles. The highest BCUT2D eigenvalue weighted by Gasteiger charge is 2.26. The van der Waals surface area contributed by atoms with Gasteiger partial charge in [-0.25, -0.2) is 0 Å². The van der Waals surface area contributed by atoms with Crippen molar-refractivity contribution in [2.45, 2.75) is 51.6 Å². The van der Waals surface area contributed by atoms with Crippen molar-refractivity contribution in [3.8, 4) is 5.75 Å². The third kappa shape index (κ3) is 7.75. The highest BCUT2D eigenvalue weighted by Crippen LogP contribution is 2.18. The van der Waals surface area contributed by atoms with Crippen LogP contribution in [0.3, 0.4) is 0 Å². The van der Waals surface area contributed by atoms with E-state index in [-0.39, 0.29) is 17.9 Å². The molecule has 0 unspecified atom stereocenters. The molecule has 0 fully saturated rings. The molecule has 162 valence electrons. The first-order valence-corrected chi connectivity index (χ1v) is 11.4. The normalized spacial score (nSPS) is 11.8. The standard InChI is InChI=1S/C24H32N2O3S/c1-18(2)25-24(28)19(3)26(16-21-11-8-12-22(15-21)29-4)23(27)13-14-30-17-20-9-6-5-7-10-20/h5-12,15,18-19H,13-14,16-17H2,1-4H3,(H,25,28)/t19-/m0/s1. The number of thioether (sulfide) groups is 1. The van der Waals surface area contributed by atoms with E-state index in [0.29, 0.717) is 18.7 Å². The molecule has 0 saturated heterocycles. The summed E-state index contributed by atoms with van der Waals surface area (Å²) in [6, 6.07) is 17.3. The highest BCUT2D eigenvalue weighted by atomic mass is 32.2. The van der Waals surface area contributed by atoms with E-state index in [1.807, 2.05) is 56.3 Å². The molecule has 30 heavy (non-hydrogen) atoms. The molecule has 0 aromatic heterocycles. The van der Waals surface area contributed by atoms with Crippen molar-refractivity contribution in [3.05, 3.63) is 65.7 Å². The SMILES string of the molecule is COc1cccc(CN(C(=O)CCSCc2ccccc2)[C@@H](C)C(=O)NC(C)C)c1. The van der Waals surface area contributed by atoms with Gasteiger partial charge in [0.25, 0.3) is 0 Å². The molecule has 0 radical (unpaired) electrons. The molecule has 0 aliphatic heterocycles. The van der Waals surface area contributed by atoms with E-state index in [0.717, 1.165) is 17.1 Å². The Kier molecular flexibility index (Phi) is 9.74. The molecule has 0 saturated carbocycles. The number of benzene rings is 2. The first-order chi connectivity index (χ1) is 14.4. The second kappa shape index (κ2) is 12.3. The van der Waals surface area contributed by atoms with Gasteiger partial charge in [-0.2, -0.15) is 11.8 Å². The zero-order valence-electron chi connectivity index (χ0n) is 18.3. The molecule has 2 rings (SSSR count). The van der Waals surface area contributed by atoms with Gasteiger partial charge in [0.2, 0.25) is 11.8 Å². The van der Waals surface area contributed by atoms with Gasteiger partial charge in [-0.3, -0.25) is 9.59 Å². The Morgan fingerprint density at radius 3 is 2.40 bits per heavy atom. The number of carbonyl (C=O) groups is 2. The lowest BCUT2D eigenvalue weighted by atomic mass is 10.1. The molecule has 6 heteroatoms. The zero-order valence-corrected chi connectivity index (χ0v) is 19.1. The molecule has 0 spiro atoms. The minimum atomic E-state index is -0.551. The first-order valence-electron chi connectivity index (χ1n) is 10.2. The lowest BCUT2D eigenvalue weighted by molar-refractivity contribution is -0.140. The Bertz CT molecular complexity index is 811. The number of rotatable bonds is 11. The van der Waals surface area contributed by atoms with Crippen molar-refractivity contribution in [2.75, 3.05) is 12.9 Å². The largest absolute Gasteiger partial charge is 0.497 e. The predicted molar refractivity (Wildman–Crippen MR) is 124 cm³/mol. The number of hydrogen-bond acceptors (Lipinski definition) is 4. The smallest absolute Gasteiger partial charge is 0.242 e. The third-order valence-corrected chi connectivity index (χ3v) is 5.69. The summed E-state index contributed by atoms with van der Waals surface area (Å²) in [5.41, 5.74) is 2.18. The van der Waals surface area contributed by atoms with Crippen molar-refractivity contribution in [3.63, 3.8) is 0 Å². The second-order valence-electron chi connectivity index (χ2n) is 7.50. The number of methoxy groups -OCH3 is 1. The minimum Gasteiger partial charge on any atom is -0.497 e. The molecule has 5 nitrogen and oxygen atoms in total. The van der Waals surface area contributed by atoms with E-state index in [9.17, 15) is 9.59 Å². The Balaban J connectivity index is 2.02. The fourth-order valence-corrected chi connectivity index (χ4v) is 3.91. The molecule has 0 bridgehead atoms. The summed E-state index contributed by atoms with van der Waals surface area (Å²) < 4.78 is 5.29. The number of amides is 2. The van der Waals surface area contributed by atoms with Crippen LogP contribution in [0.1, 0.15) is 38.3 Å². The Hall–Kier alpha value is -2.47. The molecule has 2 aromatic rings. The predicted octanol–water partition coefficient (Wildman–Crippen LogP) is 4.26. The van der Waals surface area contributed by atoms with Crippen molar-refractivity contribution < 1.29 is 14.3 Å². The van der Waals surface area contributed by atoms with Gasteiger partial charge in [0, 0.05) is 30.5 Å². The quantitative estimate of drug-likeness (QED) is 0.543. The van der Waals surface area contributed by atoms with Crippen LogP contribution in [0, 0.1) is 0 Å². The monoisotopic (exact) mass is 428 g/mol. The van der Waals surface area contributed by atoms with Crippen molar-refractivity contribution in [1.29, 1.82) is 0 Å². The van der Waals surface area contributed by atoms with E-state index < -0.39 is 6.04 Å². The number of carbonyl (C=O) groups excluding carboxylic acids is 2. The lowest BCUT2D eigenvalue weighted by Crippen LogP contribution is -2.49. The summed E-state index contributed by atoms with van der Waals surface area (Å²) in [4.78, 5) is 27.3. The van der Waals surface area contributed by atoms with Crippen molar-refractivity contribution in [2.24, 2.45) is 0 Å².